The van der Waals surface area contributed by atoms with Crippen molar-refractivity contribution in [3.8, 4) is 5.75 Å². The maximum atomic E-state index is 12.9. The van der Waals surface area contributed by atoms with Gasteiger partial charge in [-0.15, -0.1) is 0 Å². The molecule has 1 fully saturated rings. The molecule has 3 heterocycles. The fraction of sp³-hybridized carbons (Fsp3) is 0.333. The molecule has 1 atom stereocenters. The zero-order chi connectivity index (χ0) is 21.4. The molecule has 30 heavy (non-hydrogen) atoms. The summed E-state index contributed by atoms with van der Waals surface area (Å²) in [7, 11) is 3.32. The number of halogens is 1. The first-order valence-corrected chi connectivity index (χ1v) is 9.93. The number of aromatic nitrogens is 1. The average molecular weight is 429 g/mol. The van der Waals surface area contributed by atoms with Crippen LogP contribution in [0.15, 0.2) is 36.5 Å². The van der Waals surface area contributed by atoms with Gasteiger partial charge in [0.15, 0.2) is 6.10 Å². The van der Waals surface area contributed by atoms with E-state index < -0.39 is 6.10 Å². The molecule has 1 unspecified atom stereocenters. The summed E-state index contributed by atoms with van der Waals surface area (Å²) >= 11 is 5.78. The van der Waals surface area contributed by atoms with Crippen LogP contribution in [0.3, 0.4) is 0 Å². The molecule has 2 aliphatic heterocycles. The van der Waals surface area contributed by atoms with Gasteiger partial charge in [0.1, 0.15) is 17.4 Å². The van der Waals surface area contributed by atoms with Crippen molar-refractivity contribution in [1.29, 1.82) is 0 Å². The van der Waals surface area contributed by atoms with Crippen LogP contribution in [0.1, 0.15) is 22.3 Å². The number of nitrogens with zero attached hydrogens (tertiary/aromatic N) is 4. The lowest BCUT2D eigenvalue weighted by Gasteiger charge is -2.18. The summed E-state index contributed by atoms with van der Waals surface area (Å²) in [6.45, 7) is 0.904. The molecule has 2 aliphatic rings. The Kier molecular flexibility index (Phi) is 5.34. The van der Waals surface area contributed by atoms with Gasteiger partial charge in [-0.05, 0) is 29.8 Å². The molecule has 4 rings (SSSR count). The maximum Gasteiger partial charge on any atom is 0.268 e. The molecule has 3 amide bonds. The Hall–Kier alpha value is -3.13. The number of pyridine rings is 1. The van der Waals surface area contributed by atoms with Crippen LogP contribution in [0, 0.1) is 0 Å². The Morgan fingerprint density at radius 1 is 1.27 bits per heavy atom. The normalized spacial score (nSPS) is 18.0. The summed E-state index contributed by atoms with van der Waals surface area (Å²) in [4.78, 5) is 46.1. The van der Waals surface area contributed by atoms with Crippen molar-refractivity contribution in [2.45, 2.75) is 19.1 Å². The number of likely N-dealkylation sites (N-methyl/N-ethyl adjacent to an activating group) is 1. The SMILES string of the molecule is CN(C)C(=O)CN1Cc2ccc(N3CCC(Oc4ccc(Cl)nc4)C3=O)cc2C1=O. The van der Waals surface area contributed by atoms with Crippen LogP contribution in [0.5, 0.6) is 5.75 Å². The number of amides is 3. The minimum Gasteiger partial charge on any atom is -0.479 e. The topological polar surface area (TPSA) is 83.1 Å². The van der Waals surface area contributed by atoms with Crippen molar-refractivity contribution < 1.29 is 19.1 Å². The fourth-order valence-corrected chi connectivity index (χ4v) is 3.68. The number of rotatable bonds is 5. The fourth-order valence-electron chi connectivity index (χ4n) is 3.57. The highest BCUT2D eigenvalue weighted by molar-refractivity contribution is 6.29. The first kappa shape index (κ1) is 20.2. The molecule has 0 spiro atoms. The van der Waals surface area contributed by atoms with Crippen LogP contribution in [-0.4, -0.2) is 65.8 Å². The van der Waals surface area contributed by atoms with Crippen molar-refractivity contribution in [2.24, 2.45) is 0 Å². The second kappa shape index (κ2) is 7.95. The summed E-state index contributed by atoms with van der Waals surface area (Å²) in [6.07, 6.45) is 1.39. The van der Waals surface area contributed by atoms with Crippen molar-refractivity contribution in [1.82, 2.24) is 14.8 Å². The maximum absolute atomic E-state index is 12.9. The van der Waals surface area contributed by atoms with Crippen molar-refractivity contribution >= 4 is 35.0 Å². The van der Waals surface area contributed by atoms with E-state index >= 15 is 0 Å². The first-order chi connectivity index (χ1) is 14.3. The van der Waals surface area contributed by atoms with Gasteiger partial charge in [0, 0.05) is 44.9 Å². The second-order valence-corrected chi connectivity index (χ2v) is 7.88. The van der Waals surface area contributed by atoms with E-state index in [4.69, 9.17) is 16.3 Å². The van der Waals surface area contributed by atoms with Crippen LogP contribution < -0.4 is 9.64 Å². The lowest BCUT2D eigenvalue weighted by molar-refractivity contribution is -0.129. The van der Waals surface area contributed by atoms with Crippen LogP contribution in [-0.2, 0) is 16.1 Å². The van der Waals surface area contributed by atoms with Gasteiger partial charge in [-0.25, -0.2) is 4.98 Å². The molecule has 9 heteroatoms. The minimum absolute atomic E-state index is 0.0313. The number of benzene rings is 1. The van der Waals surface area contributed by atoms with Crippen molar-refractivity contribution in [3.63, 3.8) is 0 Å². The lowest BCUT2D eigenvalue weighted by atomic mass is 10.1. The van der Waals surface area contributed by atoms with Gasteiger partial charge in [-0.3, -0.25) is 14.4 Å². The van der Waals surface area contributed by atoms with E-state index in [9.17, 15) is 14.4 Å². The minimum atomic E-state index is -0.619. The lowest BCUT2D eigenvalue weighted by Crippen LogP contribution is -2.36. The molecule has 0 bridgehead atoms. The molecular formula is C21H21ClN4O4. The molecule has 0 aliphatic carbocycles. The highest BCUT2D eigenvalue weighted by atomic mass is 35.5. The molecule has 0 radical (unpaired) electrons. The zero-order valence-corrected chi connectivity index (χ0v) is 17.4. The Morgan fingerprint density at radius 3 is 2.77 bits per heavy atom. The summed E-state index contributed by atoms with van der Waals surface area (Å²) in [5.74, 6) is -0.0311. The number of fused-ring (bicyclic) bond motifs is 1. The van der Waals surface area contributed by atoms with E-state index in [1.807, 2.05) is 12.1 Å². The van der Waals surface area contributed by atoms with Gasteiger partial charge < -0.3 is 19.4 Å². The number of carbonyl (C=O) groups excluding carboxylic acids is 3. The molecule has 1 aromatic carbocycles. The van der Waals surface area contributed by atoms with Crippen molar-refractivity contribution in [3.05, 3.63) is 52.8 Å². The molecule has 156 valence electrons. The third-order valence-corrected chi connectivity index (χ3v) is 5.47. The standard InChI is InChI=1S/C21H21ClN4O4/c1-24(2)19(27)12-25-11-13-3-4-14(9-16(13)20(25)28)26-8-7-17(21(26)29)30-15-5-6-18(22)23-10-15/h3-6,9-10,17H,7-8,11-12H2,1-2H3. The van der Waals surface area contributed by atoms with Gasteiger partial charge in [0.2, 0.25) is 5.91 Å². The van der Waals surface area contributed by atoms with Gasteiger partial charge in [0.25, 0.3) is 11.8 Å². The predicted molar refractivity (Wildman–Crippen MR) is 111 cm³/mol. The Morgan fingerprint density at radius 2 is 2.07 bits per heavy atom. The Labute approximate surface area is 179 Å². The number of hydrogen-bond donors (Lipinski definition) is 0. The van der Waals surface area contributed by atoms with Gasteiger partial charge in [-0.1, -0.05) is 17.7 Å². The van der Waals surface area contributed by atoms with Crippen molar-refractivity contribution in [2.75, 3.05) is 32.1 Å². The number of carbonyl (C=O) groups is 3. The highest BCUT2D eigenvalue weighted by Gasteiger charge is 2.36. The van der Waals surface area contributed by atoms with E-state index in [1.54, 1.807) is 37.2 Å². The largest absolute Gasteiger partial charge is 0.479 e. The van der Waals surface area contributed by atoms with Gasteiger partial charge in [-0.2, -0.15) is 0 Å². The zero-order valence-electron chi connectivity index (χ0n) is 16.7. The average Bonchev–Trinajstić information content (AvgIpc) is 3.23. The number of anilines is 1. The second-order valence-electron chi connectivity index (χ2n) is 7.49. The van der Waals surface area contributed by atoms with E-state index in [0.29, 0.717) is 41.7 Å². The molecule has 1 aromatic heterocycles. The quantitative estimate of drug-likeness (QED) is 0.680. The summed E-state index contributed by atoms with van der Waals surface area (Å²) in [6, 6.07) is 8.67. The van der Waals surface area contributed by atoms with Crippen LogP contribution in [0.25, 0.3) is 0 Å². The van der Waals surface area contributed by atoms with E-state index in [1.165, 1.54) is 16.0 Å². The van der Waals surface area contributed by atoms with Crippen LogP contribution in [0.2, 0.25) is 5.15 Å². The molecule has 2 aromatic rings. The molecule has 8 nitrogen and oxygen atoms in total. The van der Waals surface area contributed by atoms with Crippen LogP contribution in [0.4, 0.5) is 5.69 Å². The molecule has 1 saturated heterocycles. The third kappa shape index (κ3) is 3.82. The van der Waals surface area contributed by atoms with Crippen LogP contribution >= 0.6 is 11.6 Å². The smallest absolute Gasteiger partial charge is 0.268 e. The number of ether oxygens (including phenoxy) is 1. The summed E-state index contributed by atoms with van der Waals surface area (Å²) < 4.78 is 5.76. The van der Waals surface area contributed by atoms with E-state index in [0.717, 1.165) is 5.56 Å². The first-order valence-electron chi connectivity index (χ1n) is 9.55. The number of hydrogen-bond acceptors (Lipinski definition) is 5. The molecule has 0 N–H and O–H groups in total. The third-order valence-electron chi connectivity index (χ3n) is 5.24. The summed E-state index contributed by atoms with van der Waals surface area (Å²) in [5.41, 5.74) is 2.02. The molecule has 0 saturated carbocycles. The Balaban J connectivity index is 1.47. The summed E-state index contributed by atoms with van der Waals surface area (Å²) in [5, 5.41) is 0.353. The monoisotopic (exact) mass is 428 g/mol. The Bertz CT molecular complexity index is 1010. The highest BCUT2D eigenvalue weighted by Crippen LogP contribution is 2.30. The van der Waals surface area contributed by atoms with E-state index in [-0.39, 0.29) is 24.3 Å². The molecular weight excluding hydrogens is 408 g/mol. The van der Waals surface area contributed by atoms with E-state index in [2.05, 4.69) is 4.98 Å². The van der Waals surface area contributed by atoms with Gasteiger partial charge in [0.05, 0.1) is 6.20 Å². The van der Waals surface area contributed by atoms with Gasteiger partial charge >= 0.3 is 0 Å². The predicted octanol–water partition coefficient (Wildman–Crippen LogP) is 1.96.